The number of amidine groups is 1. The third kappa shape index (κ3) is 6.35. The number of unbranched alkanes of at least 4 members (excludes halogenated alkanes) is 3. The number of rotatable bonds is 13. The average molecular weight is 678 g/mol. The molecule has 49 heavy (non-hydrogen) atoms. The number of hydrogen-bond donors (Lipinski definition) is 4. The predicted octanol–water partition coefficient (Wildman–Crippen LogP) is 2.06. The molecule has 15 heteroatoms. The fourth-order valence-electron chi connectivity index (χ4n) is 6.69. The quantitative estimate of drug-likeness (QED) is 0.176. The molecule has 5 N–H and O–H groups in total. The van der Waals surface area contributed by atoms with Crippen LogP contribution in [0.25, 0.3) is 5.57 Å². The minimum Gasteiger partial charge on any atom is -0.496 e. The van der Waals surface area contributed by atoms with Crippen LogP contribution in [0.5, 0.6) is 17.2 Å². The van der Waals surface area contributed by atoms with Crippen molar-refractivity contribution in [1.29, 1.82) is 0 Å². The van der Waals surface area contributed by atoms with Gasteiger partial charge < -0.3 is 45.1 Å². The van der Waals surface area contributed by atoms with Gasteiger partial charge in [-0.2, -0.15) is 9.98 Å². The van der Waals surface area contributed by atoms with E-state index in [-0.39, 0.29) is 36.5 Å². The van der Waals surface area contributed by atoms with Crippen molar-refractivity contribution in [3.8, 4) is 17.2 Å². The molecule has 3 atom stereocenters. The van der Waals surface area contributed by atoms with Crippen molar-refractivity contribution < 1.29 is 38.7 Å². The number of carbonyl (C=O) groups excluding carboxylic acids is 2. The first-order valence-electron chi connectivity index (χ1n) is 16.6. The van der Waals surface area contributed by atoms with Crippen molar-refractivity contribution in [2.45, 2.75) is 83.9 Å². The number of guanidine groups is 1. The van der Waals surface area contributed by atoms with E-state index >= 15 is 0 Å². The van der Waals surface area contributed by atoms with E-state index in [0.717, 1.165) is 25.7 Å². The van der Waals surface area contributed by atoms with Crippen molar-refractivity contribution in [1.82, 2.24) is 15.1 Å². The molecular weight excluding hydrogens is 634 g/mol. The largest absolute Gasteiger partial charge is 0.496 e. The second kappa shape index (κ2) is 13.9. The predicted molar refractivity (Wildman–Crippen MR) is 181 cm³/mol. The van der Waals surface area contributed by atoms with Gasteiger partial charge in [-0.05, 0) is 31.9 Å². The summed E-state index contributed by atoms with van der Waals surface area (Å²) in [4.78, 5) is 41.4. The summed E-state index contributed by atoms with van der Waals surface area (Å²) in [5.74, 6) is -0.0192. The maximum Gasteiger partial charge on any atom is 0.374 e. The molecule has 1 aromatic rings. The number of methoxy groups -OCH3 is 1. The molecule has 1 amide bonds. The molecular formula is C34H43N7O8. The number of nitrogens with one attached hydrogen (secondary N) is 1. The van der Waals surface area contributed by atoms with Crippen molar-refractivity contribution >= 4 is 35.0 Å². The third-order valence-corrected chi connectivity index (χ3v) is 9.20. The maximum atomic E-state index is 13.0. The topological polar surface area (TPSA) is 193 Å². The molecule has 0 aromatic heterocycles. The van der Waals surface area contributed by atoms with Crippen molar-refractivity contribution in [2.75, 3.05) is 26.9 Å². The summed E-state index contributed by atoms with van der Waals surface area (Å²) < 4.78 is 23.8. The van der Waals surface area contributed by atoms with Crippen LogP contribution < -0.4 is 25.3 Å². The molecule has 0 saturated carbocycles. The van der Waals surface area contributed by atoms with Gasteiger partial charge in [-0.3, -0.25) is 14.7 Å². The lowest BCUT2D eigenvalue weighted by molar-refractivity contribution is -0.141. The van der Waals surface area contributed by atoms with E-state index in [0.29, 0.717) is 59.0 Å². The summed E-state index contributed by atoms with van der Waals surface area (Å²) in [5, 5.41) is 25.5. The summed E-state index contributed by atoms with van der Waals surface area (Å²) in [5.41, 5.74) is 6.98. The van der Waals surface area contributed by atoms with Crippen LogP contribution in [0.2, 0.25) is 0 Å². The zero-order valence-electron chi connectivity index (χ0n) is 28.2. The molecule has 5 aliphatic rings. The minimum absolute atomic E-state index is 0.0659. The van der Waals surface area contributed by atoms with Gasteiger partial charge in [0.15, 0.2) is 17.8 Å². The Hall–Kier alpha value is -4.89. The Bertz CT molecular complexity index is 1710. The van der Waals surface area contributed by atoms with E-state index in [2.05, 4.69) is 27.2 Å². The molecule has 0 saturated heterocycles. The number of benzene rings is 1. The number of nitrogens with two attached hydrogens (primary N) is 1. The monoisotopic (exact) mass is 677 g/mol. The summed E-state index contributed by atoms with van der Waals surface area (Å²) in [6.07, 6.45) is 11.0. The number of aliphatic hydroxyl groups is 2. The van der Waals surface area contributed by atoms with Gasteiger partial charge in [0.1, 0.15) is 30.0 Å². The van der Waals surface area contributed by atoms with E-state index < -0.39 is 36.5 Å². The molecule has 5 heterocycles. The maximum absolute atomic E-state index is 13.0. The van der Waals surface area contributed by atoms with Crippen LogP contribution in [0.4, 0.5) is 0 Å². The number of nitrogens with zero attached hydrogens (tertiary/aromatic N) is 5. The molecule has 0 fully saturated rings. The third-order valence-electron chi connectivity index (χ3n) is 9.20. The second-order valence-electron chi connectivity index (χ2n) is 12.5. The number of carbonyl (C=O) groups is 2. The van der Waals surface area contributed by atoms with E-state index in [4.69, 9.17) is 24.7 Å². The Morgan fingerprint density at radius 3 is 2.80 bits per heavy atom. The van der Waals surface area contributed by atoms with Crippen LogP contribution in [0, 0.1) is 0 Å². The minimum atomic E-state index is -1.13. The van der Waals surface area contributed by atoms with Gasteiger partial charge in [0.05, 0.1) is 37.1 Å². The van der Waals surface area contributed by atoms with Gasteiger partial charge in [-0.1, -0.05) is 38.7 Å². The number of aliphatic hydroxyl groups excluding tert-OH is 1. The number of fused-ring (bicyclic) bond motifs is 3. The van der Waals surface area contributed by atoms with Crippen LogP contribution in [-0.2, 0) is 27.4 Å². The van der Waals surface area contributed by atoms with Crippen LogP contribution >= 0.6 is 0 Å². The number of hydrogen-bond acceptors (Lipinski definition) is 14. The Kier molecular flexibility index (Phi) is 9.65. The van der Waals surface area contributed by atoms with Crippen LogP contribution in [0.3, 0.4) is 0 Å². The Morgan fingerprint density at radius 1 is 1.24 bits per heavy atom. The zero-order valence-corrected chi connectivity index (χ0v) is 28.2. The number of ether oxygens (including phenoxy) is 4. The average Bonchev–Trinajstić information content (AvgIpc) is 3.83. The molecule has 5 aliphatic heterocycles. The smallest absolute Gasteiger partial charge is 0.374 e. The molecule has 6 rings (SSSR count). The highest BCUT2D eigenvalue weighted by atomic mass is 16.6. The summed E-state index contributed by atoms with van der Waals surface area (Å²) in [6, 6.07) is 0. The summed E-state index contributed by atoms with van der Waals surface area (Å²) in [7, 11) is 1.54. The fourth-order valence-corrected chi connectivity index (χ4v) is 6.69. The zero-order chi connectivity index (χ0) is 34.9. The summed E-state index contributed by atoms with van der Waals surface area (Å²) >= 11 is 0. The number of aliphatic imine (C=N–C) groups is 3. The number of amides is 1. The van der Waals surface area contributed by atoms with Crippen LogP contribution in [0.15, 0.2) is 45.3 Å². The fraction of sp³-hybridized carbons (Fsp3) is 0.500. The Labute approximate surface area is 284 Å². The Morgan fingerprint density at radius 2 is 2.06 bits per heavy atom. The second-order valence-corrected chi connectivity index (χ2v) is 12.5. The van der Waals surface area contributed by atoms with Gasteiger partial charge in [0.2, 0.25) is 11.7 Å². The number of allylic oxidation sites excluding steroid dienone is 2. The lowest BCUT2D eigenvalue weighted by Crippen LogP contribution is -2.53. The molecule has 0 spiro atoms. The van der Waals surface area contributed by atoms with E-state index in [1.807, 2.05) is 17.2 Å². The van der Waals surface area contributed by atoms with E-state index in [1.165, 1.54) is 0 Å². The van der Waals surface area contributed by atoms with Gasteiger partial charge in [-0.25, -0.2) is 4.79 Å². The van der Waals surface area contributed by atoms with Crippen LogP contribution in [-0.4, -0.2) is 94.3 Å². The number of esters is 1. The highest BCUT2D eigenvalue weighted by Crippen LogP contribution is 2.53. The SMILES string of the molecule is CCCCCC[C@](C)(O)[C@@H]1Cc2c(c(CO)c3c(c2OC)C(=CCN2C=CNC2N2CN=C4C(=O)N=C(N)N=C42)C=C(C(=O)OCC)O3)O1. The molecule has 1 unspecified atom stereocenters. The van der Waals surface area contributed by atoms with Crippen molar-refractivity contribution in [3.05, 3.63) is 47.0 Å². The standard InChI is InChI=1S/C34H43N7O8/c1-5-7-8-9-11-34(3,45)23-16-20-26(49-23)21(17-42)28-24(27(20)46-4)19(15-22(48-28)31(44)47-6-2)10-13-40-14-12-36-33(40)41-18-37-25-29(41)38-32(35)39-30(25)43/h10,12,14-15,23,33,36,42,45H,5-9,11,13,16-18H2,1-4H3,(H2,35,39,43)/t23-,33?,34-/m0/s1. The molecule has 0 radical (unpaired) electrons. The Balaban J connectivity index is 1.35. The first-order valence-corrected chi connectivity index (χ1v) is 16.6. The van der Waals surface area contributed by atoms with Crippen LogP contribution in [0.1, 0.15) is 69.6 Å². The lowest BCUT2D eigenvalue weighted by atomic mass is 9.87. The van der Waals surface area contributed by atoms with E-state index in [1.54, 1.807) is 38.1 Å². The lowest BCUT2D eigenvalue weighted by Gasteiger charge is -2.34. The molecule has 262 valence electrons. The molecule has 1 aromatic carbocycles. The van der Waals surface area contributed by atoms with E-state index in [9.17, 15) is 19.8 Å². The van der Waals surface area contributed by atoms with Crippen molar-refractivity contribution in [3.63, 3.8) is 0 Å². The van der Waals surface area contributed by atoms with Crippen molar-refractivity contribution in [2.24, 2.45) is 20.7 Å². The first kappa shape index (κ1) is 34.0. The highest BCUT2D eigenvalue weighted by Gasteiger charge is 2.44. The molecule has 0 bridgehead atoms. The van der Waals surface area contributed by atoms with Gasteiger partial charge in [0.25, 0.3) is 0 Å². The van der Waals surface area contributed by atoms with Gasteiger partial charge in [-0.15, -0.1) is 0 Å². The highest BCUT2D eigenvalue weighted by molar-refractivity contribution is 6.69. The first-order chi connectivity index (χ1) is 23.6. The van der Waals surface area contributed by atoms with Gasteiger partial charge in [0, 0.05) is 30.9 Å². The molecule has 0 aliphatic carbocycles. The van der Waals surface area contributed by atoms with Gasteiger partial charge >= 0.3 is 11.9 Å². The normalized spacial score (nSPS) is 22.6. The summed E-state index contributed by atoms with van der Waals surface area (Å²) in [6.45, 7) is 5.79. The molecule has 15 nitrogen and oxygen atoms in total.